The van der Waals surface area contributed by atoms with E-state index in [0.29, 0.717) is 17.9 Å². The molecule has 0 aliphatic carbocycles. The van der Waals surface area contributed by atoms with Gasteiger partial charge in [0.25, 0.3) is 0 Å². The molecule has 20 heavy (non-hydrogen) atoms. The first-order valence-corrected chi connectivity index (χ1v) is 7.86. The van der Waals surface area contributed by atoms with E-state index in [4.69, 9.17) is 10.7 Å². The van der Waals surface area contributed by atoms with Crippen LogP contribution in [0.15, 0.2) is 5.38 Å². The van der Waals surface area contributed by atoms with Gasteiger partial charge in [0, 0.05) is 30.4 Å². The van der Waals surface area contributed by atoms with Crippen LogP contribution in [0.2, 0.25) is 0 Å². The van der Waals surface area contributed by atoms with Crippen LogP contribution in [0.3, 0.4) is 0 Å². The number of piperidine rings is 1. The van der Waals surface area contributed by atoms with E-state index in [1.807, 2.05) is 0 Å². The Bertz CT molecular complexity index is 382. The normalized spacial score (nSPS) is 21.1. The van der Waals surface area contributed by atoms with E-state index < -0.39 is 0 Å². The summed E-state index contributed by atoms with van der Waals surface area (Å²) in [6.07, 6.45) is 2.55. The molecule has 2 atom stereocenters. The van der Waals surface area contributed by atoms with Crippen LogP contribution >= 0.6 is 36.2 Å². The lowest BCUT2D eigenvalue weighted by Gasteiger charge is -2.34. The van der Waals surface area contributed by atoms with E-state index in [1.165, 1.54) is 30.1 Å². The third kappa shape index (κ3) is 5.49. The van der Waals surface area contributed by atoms with Crippen molar-refractivity contribution in [2.75, 3.05) is 13.1 Å². The maximum absolute atomic E-state index is 6.03. The molecule has 2 heterocycles. The topological polar surface area (TPSA) is 42.2 Å². The smallest absolute Gasteiger partial charge is 0.0954 e. The maximum Gasteiger partial charge on any atom is 0.0954 e. The summed E-state index contributed by atoms with van der Waals surface area (Å²) in [6.45, 7) is 9.86. The zero-order chi connectivity index (χ0) is 13.1. The molecule has 0 bridgehead atoms. The summed E-state index contributed by atoms with van der Waals surface area (Å²) in [5, 5.41) is 3.47. The van der Waals surface area contributed by atoms with Gasteiger partial charge >= 0.3 is 0 Å². The number of rotatable bonds is 4. The Labute approximate surface area is 139 Å². The molecule has 0 radical (unpaired) electrons. The predicted octanol–water partition coefficient (Wildman–Crippen LogP) is 3.67. The van der Waals surface area contributed by atoms with Gasteiger partial charge in [0.1, 0.15) is 0 Å². The molecule has 1 aliphatic rings. The lowest BCUT2D eigenvalue weighted by atomic mass is 9.92. The quantitative estimate of drug-likeness (QED) is 0.909. The molecule has 0 aromatic carbocycles. The SMILES string of the molecule is CC(C)c1nc(CN2CCCC(C(C)N)C2)cs1.Cl.Cl. The molecule has 6 heteroatoms. The van der Waals surface area contributed by atoms with Crippen molar-refractivity contribution in [2.45, 2.75) is 52.1 Å². The van der Waals surface area contributed by atoms with Crippen molar-refractivity contribution in [1.29, 1.82) is 0 Å². The van der Waals surface area contributed by atoms with Gasteiger partial charge in [-0.2, -0.15) is 0 Å². The van der Waals surface area contributed by atoms with E-state index in [-0.39, 0.29) is 24.8 Å². The molecule has 3 nitrogen and oxygen atoms in total. The fourth-order valence-electron chi connectivity index (χ4n) is 2.55. The van der Waals surface area contributed by atoms with Gasteiger partial charge in [-0.05, 0) is 32.2 Å². The van der Waals surface area contributed by atoms with E-state index in [0.717, 1.165) is 13.1 Å². The van der Waals surface area contributed by atoms with Crippen LogP contribution in [0, 0.1) is 5.92 Å². The zero-order valence-corrected chi connectivity index (χ0v) is 15.0. The monoisotopic (exact) mass is 339 g/mol. The summed E-state index contributed by atoms with van der Waals surface area (Å²) in [7, 11) is 0. The average Bonchev–Trinajstić information content (AvgIpc) is 2.78. The van der Waals surface area contributed by atoms with E-state index in [9.17, 15) is 0 Å². The summed E-state index contributed by atoms with van der Waals surface area (Å²) in [6, 6.07) is 0.314. The summed E-state index contributed by atoms with van der Waals surface area (Å²) in [5.41, 5.74) is 7.26. The van der Waals surface area contributed by atoms with Gasteiger partial charge in [-0.3, -0.25) is 4.90 Å². The Morgan fingerprint density at radius 2 is 2.10 bits per heavy atom. The fraction of sp³-hybridized carbons (Fsp3) is 0.786. The first kappa shape index (κ1) is 20.1. The standard InChI is InChI=1S/C14H25N3S.2ClH/c1-10(2)14-16-13(9-18-14)8-17-6-4-5-12(7-17)11(3)15;;/h9-12H,4-8,15H2,1-3H3;2*1H. The molecule has 2 rings (SSSR count). The molecule has 1 aliphatic heterocycles. The Kier molecular flexibility index (Phi) is 9.27. The number of likely N-dealkylation sites (tertiary alicyclic amines) is 1. The minimum atomic E-state index is 0. The molecule has 1 aromatic heterocycles. The lowest BCUT2D eigenvalue weighted by molar-refractivity contribution is 0.153. The number of hydrogen-bond donors (Lipinski definition) is 1. The van der Waals surface area contributed by atoms with Crippen molar-refractivity contribution in [3.8, 4) is 0 Å². The van der Waals surface area contributed by atoms with E-state index in [2.05, 4.69) is 31.1 Å². The van der Waals surface area contributed by atoms with Crippen LogP contribution in [0.25, 0.3) is 0 Å². The molecule has 118 valence electrons. The van der Waals surface area contributed by atoms with Gasteiger partial charge in [-0.15, -0.1) is 36.2 Å². The highest BCUT2D eigenvalue weighted by atomic mass is 35.5. The minimum Gasteiger partial charge on any atom is -0.328 e. The van der Waals surface area contributed by atoms with Crippen LogP contribution in [0.4, 0.5) is 0 Å². The predicted molar refractivity (Wildman–Crippen MR) is 92.3 cm³/mol. The zero-order valence-electron chi connectivity index (χ0n) is 12.5. The molecule has 1 saturated heterocycles. The number of nitrogens with two attached hydrogens (primary N) is 1. The van der Waals surface area contributed by atoms with Crippen molar-refractivity contribution in [3.63, 3.8) is 0 Å². The average molecular weight is 340 g/mol. The second-order valence-corrected chi connectivity index (χ2v) is 6.72. The van der Waals surface area contributed by atoms with Gasteiger partial charge in [0.2, 0.25) is 0 Å². The molecule has 2 N–H and O–H groups in total. The highest BCUT2D eigenvalue weighted by molar-refractivity contribution is 7.09. The molecular formula is C14H27Cl2N3S. The first-order valence-electron chi connectivity index (χ1n) is 6.98. The van der Waals surface area contributed by atoms with Crippen molar-refractivity contribution in [3.05, 3.63) is 16.1 Å². The van der Waals surface area contributed by atoms with Crippen LogP contribution in [-0.4, -0.2) is 29.0 Å². The summed E-state index contributed by atoms with van der Waals surface area (Å²) >= 11 is 1.79. The van der Waals surface area contributed by atoms with E-state index in [1.54, 1.807) is 11.3 Å². The lowest BCUT2D eigenvalue weighted by Crippen LogP contribution is -2.41. The molecular weight excluding hydrogens is 313 g/mol. The van der Waals surface area contributed by atoms with Gasteiger partial charge in [-0.25, -0.2) is 4.98 Å². The molecule has 2 unspecified atom stereocenters. The summed E-state index contributed by atoms with van der Waals surface area (Å²) in [5.74, 6) is 1.20. The van der Waals surface area contributed by atoms with E-state index >= 15 is 0 Å². The number of nitrogens with zero attached hydrogens (tertiary/aromatic N) is 2. The molecule has 0 amide bonds. The molecule has 1 fully saturated rings. The van der Waals surface area contributed by atoms with Crippen molar-refractivity contribution < 1.29 is 0 Å². The van der Waals surface area contributed by atoms with Crippen molar-refractivity contribution in [1.82, 2.24) is 9.88 Å². The largest absolute Gasteiger partial charge is 0.328 e. The van der Waals surface area contributed by atoms with Crippen molar-refractivity contribution >= 4 is 36.2 Å². The molecule has 0 spiro atoms. The number of halogens is 2. The second-order valence-electron chi connectivity index (χ2n) is 5.83. The van der Waals surface area contributed by atoms with Gasteiger partial charge in [0.15, 0.2) is 0 Å². The van der Waals surface area contributed by atoms with Crippen molar-refractivity contribution in [2.24, 2.45) is 11.7 Å². The summed E-state index contributed by atoms with van der Waals surface area (Å²) in [4.78, 5) is 7.23. The third-order valence-electron chi connectivity index (χ3n) is 3.73. The second kappa shape index (κ2) is 9.21. The molecule has 1 aromatic rings. The van der Waals surface area contributed by atoms with Gasteiger partial charge in [-0.1, -0.05) is 13.8 Å². The fourth-order valence-corrected chi connectivity index (χ4v) is 3.38. The number of hydrogen-bond acceptors (Lipinski definition) is 4. The Hall–Kier alpha value is 0.130. The van der Waals surface area contributed by atoms with Crippen LogP contribution in [0.1, 0.15) is 50.2 Å². The van der Waals surface area contributed by atoms with Crippen LogP contribution < -0.4 is 5.73 Å². The number of thiazole rings is 1. The van der Waals surface area contributed by atoms with Gasteiger partial charge < -0.3 is 5.73 Å². The highest BCUT2D eigenvalue weighted by Crippen LogP contribution is 2.23. The summed E-state index contributed by atoms with van der Waals surface area (Å²) < 4.78 is 0. The maximum atomic E-state index is 6.03. The highest BCUT2D eigenvalue weighted by Gasteiger charge is 2.23. The third-order valence-corrected chi connectivity index (χ3v) is 4.93. The Morgan fingerprint density at radius 3 is 2.65 bits per heavy atom. The van der Waals surface area contributed by atoms with Gasteiger partial charge in [0.05, 0.1) is 10.7 Å². The first-order chi connectivity index (χ1) is 8.56. The molecule has 0 saturated carbocycles. The Balaban J connectivity index is 0.00000180. The van der Waals surface area contributed by atoms with Crippen LogP contribution in [-0.2, 0) is 6.54 Å². The number of aromatic nitrogens is 1. The Morgan fingerprint density at radius 1 is 1.40 bits per heavy atom. The van der Waals surface area contributed by atoms with Crippen LogP contribution in [0.5, 0.6) is 0 Å². The minimum absolute atomic E-state index is 0.